The zero-order chi connectivity index (χ0) is 16.2. The first kappa shape index (κ1) is 17.5. The zero-order valence-electron chi connectivity index (χ0n) is 12.8. The Kier molecular flexibility index (Phi) is 5.74. The van der Waals surface area contributed by atoms with Crippen molar-refractivity contribution in [2.45, 2.75) is 38.6 Å². The van der Waals surface area contributed by atoms with Crippen LogP contribution in [0.3, 0.4) is 0 Å². The summed E-state index contributed by atoms with van der Waals surface area (Å²) in [7, 11) is -3.78. The monoisotopic (exact) mass is 314 g/mol. The summed E-state index contributed by atoms with van der Waals surface area (Å²) in [5.74, 6) is -0.568. The summed E-state index contributed by atoms with van der Waals surface area (Å²) in [5, 5.41) is 0. The summed E-state index contributed by atoms with van der Waals surface area (Å²) >= 11 is 0. The zero-order valence-corrected chi connectivity index (χ0v) is 13.6. The minimum absolute atomic E-state index is 0.118. The van der Waals surface area contributed by atoms with Crippen molar-refractivity contribution in [3.05, 3.63) is 23.8 Å². The number of sulfonamides is 1. The molecule has 0 bridgehead atoms. The van der Waals surface area contributed by atoms with Gasteiger partial charge in [0.25, 0.3) is 0 Å². The second-order valence-electron chi connectivity index (χ2n) is 4.97. The van der Waals surface area contributed by atoms with Crippen LogP contribution in [-0.4, -0.2) is 37.9 Å². The first-order valence-corrected chi connectivity index (χ1v) is 8.17. The Hall–Kier alpha value is -1.60. The number of anilines is 1. The first-order valence-electron chi connectivity index (χ1n) is 6.73. The van der Waals surface area contributed by atoms with Crippen LogP contribution in [0.2, 0.25) is 0 Å². The van der Waals surface area contributed by atoms with Gasteiger partial charge >= 0.3 is 5.97 Å². The van der Waals surface area contributed by atoms with E-state index >= 15 is 0 Å². The van der Waals surface area contributed by atoms with Gasteiger partial charge in [-0.3, -0.25) is 4.79 Å². The molecule has 7 heteroatoms. The average molecular weight is 314 g/mol. The van der Waals surface area contributed by atoms with Gasteiger partial charge in [-0.15, -0.1) is 0 Å². The fraction of sp³-hybridized carbons (Fsp3) is 0.500. The van der Waals surface area contributed by atoms with Crippen molar-refractivity contribution in [1.82, 2.24) is 4.31 Å². The predicted octanol–water partition coefficient (Wildman–Crippen LogP) is 1.54. The van der Waals surface area contributed by atoms with Crippen molar-refractivity contribution in [3.8, 4) is 0 Å². The van der Waals surface area contributed by atoms with E-state index in [-0.39, 0.29) is 24.1 Å². The van der Waals surface area contributed by atoms with Crippen LogP contribution in [-0.2, 0) is 19.6 Å². The molecule has 1 aromatic carbocycles. The van der Waals surface area contributed by atoms with Crippen molar-refractivity contribution >= 4 is 21.7 Å². The smallest absolute Gasteiger partial charge is 0.321 e. The lowest BCUT2D eigenvalue weighted by atomic mass is 10.2. The maximum atomic E-state index is 12.7. The molecule has 118 valence electrons. The van der Waals surface area contributed by atoms with E-state index in [9.17, 15) is 13.2 Å². The molecule has 2 N–H and O–H groups in total. The fourth-order valence-corrected chi connectivity index (χ4v) is 3.49. The number of benzene rings is 1. The molecule has 0 fully saturated rings. The van der Waals surface area contributed by atoms with Crippen molar-refractivity contribution in [2.75, 3.05) is 18.9 Å². The van der Waals surface area contributed by atoms with E-state index in [1.165, 1.54) is 12.1 Å². The summed E-state index contributed by atoms with van der Waals surface area (Å²) in [4.78, 5) is 11.7. The predicted molar refractivity (Wildman–Crippen MR) is 81.3 cm³/mol. The standard InChI is InChI=1S/C14H22N2O4S/c1-5-20-14(17)9-16(10(2)3)21(18,19)12-6-7-13(15)11(4)8-12/h6-8,10H,5,9,15H2,1-4H3. The van der Waals surface area contributed by atoms with Crippen LogP contribution in [0.4, 0.5) is 5.69 Å². The molecular formula is C14H22N2O4S. The second kappa shape index (κ2) is 6.91. The number of esters is 1. The largest absolute Gasteiger partial charge is 0.465 e. The lowest BCUT2D eigenvalue weighted by Crippen LogP contribution is -2.41. The van der Waals surface area contributed by atoms with Crippen LogP contribution in [0, 0.1) is 6.92 Å². The number of nitrogen functional groups attached to an aromatic ring is 1. The Morgan fingerprint density at radius 2 is 2.00 bits per heavy atom. The summed E-state index contributed by atoms with van der Waals surface area (Å²) in [5.41, 5.74) is 6.91. The molecule has 0 unspecified atom stereocenters. The highest BCUT2D eigenvalue weighted by molar-refractivity contribution is 7.89. The minimum Gasteiger partial charge on any atom is -0.465 e. The van der Waals surface area contributed by atoms with Gasteiger partial charge in [0.1, 0.15) is 6.54 Å². The molecule has 6 nitrogen and oxygen atoms in total. The van der Waals surface area contributed by atoms with Gasteiger partial charge < -0.3 is 10.5 Å². The van der Waals surface area contributed by atoms with Crippen LogP contribution in [0.5, 0.6) is 0 Å². The number of nitrogens with two attached hydrogens (primary N) is 1. The quantitative estimate of drug-likeness (QED) is 0.635. The number of hydrogen-bond acceptors (Lipinski definition) is 5. The van der Waals surface area contributed by atoms with E-state index in [0.29, 0.717) is 11.3 Å². The summed E-state index contributed by atoms with van der Waals surface area (Å²) in [6.07, 6.45) is 0. The van der Waals surface area contributed by atoms with Crippen molar-refractivity contribution < 1.29 is 17.9 Å². The van der Waals surface area contributed by atoms with Crippen LogP contribution in [0.25, 0.3) is 0 Å². The molecule has 1 rings (SSSR count). The topological polar surface area (TPSA) is 89.7 Å². The maximum absolute atomic E-state index is 12.7. The number of nitrogens with zero attached hydrogens (tertiary/aromatic N) is 1. The number of hydrogen-bond donors (Lipinski definition) is 1. The highest BCUT2D eigenvalue weighted by atomic mass is 32.2. The maximum Gasteiger partial charge on any atom is 0.321 e. The van der Waals surface area contributed by atoms with Crippen molar-refractivity contribution in [3.63, 3.8) is 0 Å². The fourth-order valence-electron chi connectivity index (χ4n) is 1.82. The molecule has 0 spiro atoms. The van der Waals surface area contributed by atoms with Crippen LogP contribution >= 0.6 is 0 Å². The third kappa shape index (κ3) is 4.18. The third-order valence-electron chi connectivity index (χ3n) is 3.01. The van der Waals surface area contributed by atoms with Crippen LogP contribution in [0.15, 0.2) is 23.1 Å². The normalized spacial score (nSPS) is 11.9. The molecular weight excluding hydrogens is 292 g/mol. The molecule has 0 aromatic heterocycles. The van der Waals surface area contributed by atoms with Crippen molar-refractivity contribution in [1.29, 1.82) is 0 Å². The Bertz CT molecular complexity index is 611. The van der Waals surface area contributed by atoms with Gasteiger partial charge in [-0.1, -0.05) is 0 Å². The van der Waals surface area contributed by atoms with Crippen LogP contribution in [0.1, 0.15) is 26.3 Å². The molecule has 1 aromatic rings. The first-order chi connectivity index (χ1) is 9.70. The summed E-state index contributed by atoms with van der Waals surface area (Å²) < 4.78 is 31.3. The molecule has 0 amide bonds. The van der Waals surface area contributed by atoms with E-state index in [0.717, 1.165) is 4.31 Å². The van der Waals surface area contributed by atoms with Gasteiger partial charge in [0.15, 0.2) is 0 Å². The summed E-state index contributed by atoms with van der Waals surface area (Å²) in [6.45, 7) is 6.74. The average Bonchev–Trinajstić information content (AvgIpc) is 2.38. The van der Waals surface area contributed by atoms with E-state index < -0.39 is 16.0 Å². The Balaban J connectivity index is 3.15. The molecule has 0 saturated carbocycles. The molecule has 0 saturated heterocycles. The molecule has 0 aliphatic heterocycles. The van der Waals surface area contributed by atoms with E-state index in [1.54, 1.807) is 33.8 Å². The number of carbonyl (C=O) groups excluding carboxylic acids is 1. The SMILES string of the molecule is CCOC(=O)CN(C(C)C)S(=O)(=O)c1ccc(N)c(C)c1. The van der Waals surface area contributed by atoms with E-state index in [1.807, 2.05) is 0 Å². The van der Waals surface area contributed by atoms with E-state index in [2.05, 4.69) is 0 Å². The number of ether oxygens (including phenoxy) is 1. The number of aryl methyl sites for hydroxylation is 1. The molecule has 21 heavy (non-hydrogen) atoms. The Morgan fingerprint density at radius 3 is 2.48 bits per heavy atom. The van der Waals surface area contributed by atoms with Crippen LogP contribution < -0.4 is 5.73 Å². The third-order valence-corrected chi connectivity index (χ3v) is 5.03. The van der Waals surface area contributed by atoms with Gasteiger partial charge in [-0.05, 0) is 51.5 Å². The highest BCUT2D eigenvalue weighted by Crippen LogP contribution is 2.22. The lowest BCUT2D eigenvalue weighted by Gasteiger charge is -2.25. The number of carbonyl (C=O) groups is 1. The second-order valence-corrected chi connectivity index (χ2v) is 6.86. The lowest BCUT2D eigenvalue weighted by molar-refractivity contribution is -0.143. The molecule has 0 aliphatic carbocycles. The molecule has 0 aliphatic rings. The Morgan fingerprint density at radius 1 is 1.38 bits per heavy atom. The summed E-state index contributed by atoms with van der Waals surface area (Å²) in [6, 6.07) is 4.13. The Labute approximate surface area is 125 Å². The number of rotatable bonds is 6. The van der Waals surface area contributed by atoms with E-state index in [4.69, 9.17) is 10.5 Å². The minimum atomic E-state index is -3.78. The highest BCUT2D eigenvalue weighted by Gasteiger charge is 2.29. The van der Waals surface area contributed by atoms with Gasteiger partial charge in [-0.2, -0.15) is 4.31 Å². The van der Waals surface area contributed by atoms with Gasteiger partial charge in [0.2, 0.25) is 10.0 Å². The molecule has 0 atom stereocenters. The molecule has 0 radical (unpaired) electrons. The molecule has 0 heterocycles. The van der Waals surface area contributed by atoms with Crippen molar-refractivity contribution in [2.24, 2.45) is 0 Å². The van der Waals surface area contributed by atoms with Gasteiger partial charge in [-0.25, -0.2) is 8.42 Å². The van der Waals surface area contributed by atoms with Gasteiger partial charge in [0.05, 0.1) is 11.5 Å². The van der Waals surface area contributed by atoms with Gasteiger partial charge in [0, 0.05) is 11.7 Å².